The molecule has 210 valence electrons. The van der Waals surface area contributed by atoms with Crippen LogP contribution in [0.4, 0.5) is 0 Å². The summed E-state index contributed by atoms with van der Waals surface area (Å²) in [7, 11) is 0. The zero-order valence-electron chi connectivity index (χ0n) is 23.2. The van der Waals surface area contributed by atoms with Crippen LogP contribution in [0.1, 0.15) is 33.4 Å². The number of nitrogens with zero attached hydrogens (tertiary/aromatic N) is 8. The SMILES string of the molecule is c1cnc2c(c1)C(=NOCc1ccc(-c3ccc(CON=C4c5cccnc5-c5ncccc54)cn3)nc1)c1cccnc1-2. The van der Waals surface area contributed by atoms with Crippen molar-refractivity contribution in [3.63, 3.8) is 0 Å². The summed E-state index contributed by atoms with van der Waals surface area (Å²) in [6, 6.07) is 23.2. The number of hydrogen-bond donors (Lipinski definition) is 0. The van der Waals surface area contributed by atoms with Crippen molar-refractivity contribution in [1.29, 1.82) is 0 Å². The second-order valence-corrected chi connectivity index (χ2v) is 10.1. The average molecular weight is 575 g/mol. The fraction of sp³-hybridized carbons (Fsp3) is 0.0588. The van der Waals surface area contributed by atoms with Gasteiger partial charge < -0.3 is 9.68 Å². The highest BCUT2D eigenvalue weighted by molar-refractivity contribution is 6.23. The Kier molecular flexibility index (Phi) is 6.34. The molecule has 10 nitrogen and oxygen atoms in total. The summed E-state index contributed by atoms with van der Waals surface area (Å²) in [6.07, 6.45) is 10.6. The molecule has 0 aliphatic heterocycles. The van der Waals surface area contributed by atoms with Crippen molar-refractivity contribution in [2.75, 3.05) is 0 Å². The van der Waals surface area contributed by atoms with Gasteiger partial charge in [0, 0.05) is 70.6 Å². The lowest BCUT2D eigenvalue weighted by Gasteiger charge is -2.06. The summed E-state index contributed by atoms with van der Waals surface area (Å²) in [4.78, 5) is 38.5. The van der Waals surface area contributed by atoms with E-state index in [0.717, 1.165) is 79.0 Å². The van der Waals surface area contributed by atoms with Crippen molar-refractivity contribution >= 4 is 11.4 Å². The molecule has 0 saturated carbocycles. The number of aromatic nitrogens is 6. The third-order valence-electron chi connectivity index (χ3n) is 7.39. The van der Waals surface area contributed by atoms with E-state index in [4.69, 9.17) is 9.68 Å². The minimum atomic E-state index is 0.273. The van der Waals surface area contributed by atoms with Crippen LogP contribution in [0.5, 0.6) is 0 Å². The lowest BCUT2D eigenvalue weighted by Crippen LogP contribution is -2.01. The van der Waals surface area contributed by atoms with Crippen LogP contribution in [0.2, 0.25) is 0 Å². The van der Waals surface area contributed by atoms with Gasteiger partial charge in [-0.15, -0.1) is 0 Å². The summed E-state index contributed by atoms with van der Waals surface area (Å²) in [6.45, 7) is 0.546. The molecule has 0 unspecified atom stereocenters. The van der Waals surface area contributed by atoms with Gasteiger partial charge in [-0.05, 0) is 60.7 Å². The van der Waals surface area contributed by atoms with Crippen LogP contribution in [-0.4, -0.2) is 41.3 Å². The van der Waals surface area contributed by atoms with Crippen LogP contribution in [0.3, 0.4) is 0 Å². The van der Waals surface area contributed by atoms with E-state index in [-0.39, 0.29) is 13.2 Å². The topological polar surface area (TPSA) is 121 Å². The Morgan fingerprint density at radius 3 is 1.11 bits per heavy atom. The Balaban J connectivity index is 0.912. The summed E-state index contributed by atoms with van der Waals surface area (Å²) in [5.41, 5.74) is 11.6. The highest BCUT2D eigenvalue weighted by Crippen LogP contribution is 2.34. The zero-order chi connectivity index (χ0) is 29.3. The van der Waals surface area contributed by atoms with Gasteiger partial charge in [0.25, 0.3) is 0 Å². The fourth-order valence-corrected chi connectivity index (χ4v) is 5.29. The Morgan fingerprint density at radius 1 is 0.432 bits per heavy atom. The monoisotopic (exact) mass is 574 g/mol. The van der Waals surface area contributed by atoms with E-state index >= 15 is 0 Å². The van der Waals surface area contributed by atoms with E-state index in [1.165, 1.54) is 0 Å². The molecule has 2 aliphatic rings. The van der Waals surface area contributed by atoms with Gasteiger partial charge in [-0.3, -0.25) is 29.9 Å². The van der Waals surface area contributed by atoms with E-state index in [1.807, 2.05) is 72.8 Å². The molecule has 6 aromatic rings. The van der Waals surface area contributed by atoms with Crippen molar-refractivity contribution in [2.24, 2.45) is 10.3 Å². The van der Waals surface area contributed by atoms with Gasteiger partial charge in [0.1, 0.15) is 24.6 Å². The smallest absolute Gasteiger partial charge is 0.143 e. The normalized spacial score (nSPS) is 12.2. The molecule has 0 bridgehead atoms. The van der Waals surface area contributed by atoms with Crippen LogP contribution < -0.4 is 0 Å². The molecule has 0 amide bonds. The van der Waals surface area contributed by atoms with Crippen LogP contribution >= 0.6 is 0 Å². The number of fused-ring (bicyclic) bond motifs is 6. The highest BCUT2D eigenvalue weighted by atomic mass is 16.6. The molecule has 6 aromatic heterocycles. The van der Waals surface area contributed by atoms with Crippen molar-refractivity contribution in [3.8, 4) is 34.2 Å². The second kappa shape index (κ2) is 10.9. The zero-order valence-corrected chi connectivity index (χ0v) is 23.2. The molecule has 10 heteroatoms. The van der Waals surface area contributed by atoms with Crippen LogP contribution in [0.25, 0.3) is 34.2 Å². The van der Waals surface area contributed by atoms with Gasteiger partial charge in [0.15, 0.2) is 0 Å². The molecule has 0 fully saturated rings. The molecule has 8 rings (SSSR count). The molecule has 0 atom stereocenters. The molecule has 6 heterocycles. The van der Waals surface area contributed by atoms with Gasteiger partial charge in [-0.2, -0.15) is 0 Å². The van der Waals surface area contributed by atoms with Gasteiger partial charge in [0.2, 0.25) is 0 Å². The maximum atomic E-state index is 5.74. The largest absolute Gasteiger partial charge is 0.390 e. The predicted octanol–water partition coefficient (Wildman–Crippen LogP) is 5.62. The average Bonchev–Trinajstić information content (AvgIpc) is 3.58. The maximum Gasteiger partial charge on any atom is 0.143 e. The first-order valence-corrected chi connectivity index (χ1v) is 14.0. The lowest BCUT2D eigenvalue weighted by molar-refractivity contribution is 0.130. The van der Waals surface area contributed by atoms with E-state index in [2.05, 4.69) is 40.2 Å². The number of rotatable bonds is 7. The first-order valence-electron chi connectivity index (χ1n) is 14.0. The summed E-state index contributed by atoms with van der Waals surface area (Å²) >= 11 is 0. The first-order chi connectivity index (χ1) is 21.8. The third-order valence-corrected chi connectivity index (χ3v) is 7.39. The Labute approximate surface area is 251 Å². The van der Waals surface area contributed by atoms with E-state index in [9.17, 15) is 0 Å². The first kappa shape index (κ1) is 25.5. The summed E-state index contributed by atoms with van der Waals surface area (Å²) < 4.78 is 0. The molecule has 0 radical (unpaired) electrons. The van der Waals surface area contributed by atoms with Crippen molar-refractivity contribution < 1.29 is 9.68 Å². The van der Waals surface area contributed by atoms with E-state index in [0.29, 0.717) is 0 Å². The van der Waals surface area contributed by atoms with Crippen molar-refractivity contribution in [1.82, 2.24) is 29.9 Å². The standard InChI is InChI=1S/C34H22N8O2/c1-5-23-29(24-6-2-14-36-32(24)31(23)35-13-1)41-43-19-21-9-11-27(39-17-21)28-12-10-22(18-40-28)20-44-42-30-25-7-3-15-37-33(25)34-26(30)8-4-16-38-34/h1-18H,19-20H2. The number of hydrogen-bond acceptors (Lipinski definition) is 10. The molecular weight excluding hydrogens is 552 g/mol. The third kappa shape index (κ3) is 4.54. The lowest BCUT2D eigenvalue weighted by atomic mass is 10.1. The van der Waals surface area contributed by atoms with Crippen LogP contribution in [0.15, 0.2) is 120 Å². The van der Waals surface area contributed by atoms with E-state index in [1.54, 1.807) is 37.2 Å². The Hall–Kier alpha value is -6.16. The van der Waals surface area contributed by atoms with Crippen molar-refractivity contribution in [2.45, 2.75) is 13.2 Å². The maximum absolute atomic E-state index is 5.74. The fourth-order valence-electron chi connectivity index (χ4n) is 5.29. The van der Waals surface area contributed by atoms with Gasteiger partial charge >= 0.3 is 0 Å². The van der Waals surface area contributed by atoms with Crippen LogP contribution in [0, 0.1) is 0 Å². The molecule has 44 heavy (non-hydrogen) atoms. The molecule has 0 spiro atoms. The summed E-state index contributed by atoms with van der Waals surface area (Å²) in [5.74, 6) is 0. The minimum Gasteiger partial charge on any atom is -0.390 e. The van der Waals surface area contributed by atoms with Gasteiger partial charge in [-0.1, -0.05) is 22.4 Å². The molecule has 0 aromatic carbocycles. The second-order valence-electron chi connectivity index (χ2n) is 10.1. The number of oxime groups is 2. The minimum absolute atomic E-state index is 0.273. The van der Waals surface area contributed by atoms with E-state index < -0.39 is 0 Å². The molecule has 2 aliphatic carbocycles. The Bertz CT molecular complexity index is 1830. The number of pyridine rings is 6. The van der Waals surface area contributed by atoms with Gasteiger partial charge in [-0.25, -0.2) is 0 Å². The molecule has 0 saturated heterocycles. The predicted molar refractivity (Wildman–Crippen MR) is 163 cm³/mol. The highest BCUT2D eigenvalue weighted by Gasteiger charge is 2.28. The molecular formula is C34H22N8O2. The summed E-state index contributed by atoms with van der Waals surface area (Å²) in [5, 5.41) is 8.87. The van der Waals surface area contributed by atoms with Crippen molar-refractivity contribution in [3.05, 3.63) is 143 Å². The quantitative estimate of drug-likeness (QED) is 0.225. The Morgan fingerprint density at radius 2 is 0.795 bits per heavy atom. The van der Waals surface area contributed by atoms with Crippen LogP contribution in [-0.2, 0) is 22.9 Å². The molecule has 0 N–H and O–H groups in total. The van der Waals surface area contributed by atoms with Gasteiger partial charge in [0.05, 0.1) is 34.2 Å².